The van der Waals surface area contributed by atoms with E-state index in [1.165, 1.54) is 13.0 Å². The Morgan fingerprint density at radius 3 is 2.30 bits per heavy atom. The molecule has 2 rings (SSSR count). The molecule has 1 unspecified atom stereocenters. The molecule has 1 atom stereocenters. The molecule has 0 spiro atoms. The first-order valence-corrected chi connectivity index (χ1v) is 6.79. The number of hydrogen-bond donors (Lipinski definition) is 0. The van der Waals surface area contributed by atoms with Gasteiger partial charge in [-0.15, -0.1) is 11.6 Å². The van der Waals surface area contributed by atoms with Gasteiger partial charge in [-0.25, -0.2) is 17.6 Å². The number of alkyl halides is 1. The Balaban J connectivity index is 2.60. The van der Waals surface area contributed by atoms with E-state index in [1.807, 2.05) is 0 Å². The average Bonchev–Trinajstić information content (AvgIpc) is 2.38. The first kappa shape index (κ1) is 15.3. The molecular formula is C14H8BrClF4. The van der Waals surface area contributed by atoms with Gasteiger partial charge in [0.1, 0.15) is 23.3 Å². The van der Waals surface area contributed by atoms with Gasteiger partial charge in [-0.2, -0.15) is 0 Å². The van der Waals surface area contributed by atoms with Crippen LogP contribution in [0.4, 0.5) is 17.6 Å². The average molecular weight is 368 g/mol. The molecule has 0 aliphatic carbocycles. The van der Waals surface area contributed by atoms with Crippen molar-refractivity contribution >= 4 is 27.5 Å². The summed E-state index contributed by atoms with van der Waals surface area (Å²) in [7, 11) is 0. The van der Waals surface area contributed by atoms with Crippen LogP contribution in [0.25, 0.3) is 0 Å². The molecule has 0 saturated carbocycles. The molecular weight excluding hydrogens is 360 g/mol. The van der Waals surface area contributed by atoms with Gasteiger partial charge in [-0.05, 0) is 46.6 Å². The molecule has 0 saturated heterocycles. The van der Waals surface area contributed by atoms with E-state index in [-0.39, 0.29) is 15.6 Å². The van der Waals surface area contributed by atoms with Gasteiger partial charge >= 0.3 is 0 Å². The van der Waals surface area contributed by atoms with Gasteiger partial charge in [0.15, 0.2) is 0 Å². The van der Waals surface area contributed by atoms with Crippen molar-refractivity contribution in [1.82, 2.24) is 0 Å². The van der Waals surface area contributed by atoms with Gasteiger partial charge in [-0.3, -0.25) is 0 Å². The Morgan fingerprint density at radius 1 is 1.00 bits per heavy atom. The summed E-state index contributed by atoms with van der Waals surface area (Å²) < 4.78 is 54.9. The van der Waals surface area contributed by atoms with Crippen molar-refractivity contribution in [2.75, 3.05) is 0 Å². The van der Waals surface area contributed by atoms with E-state index in [1.54, 1.807) is 0 Å². The maximum Gasteiger partial charge on any atom is 0.137 e. The molecule has 0 fully saturated rings. The van der Waals surface area contributed by atoms with Crippen molar-refractivity contribution in [3.63, 3.8) is 0 Å². The predicted molar refractivity (Wildman–Crippen MR) is 72.8 cm³/mol. The van der Waals surface area contributed by atoms with Crippen LogP contribution in [-0.2, 0) is 0 Å². The van der Waals surface area contributed by atoms with E-state index in [9.17, 15) is 17.6 Å². The second kappa shape index (κ2) is 5.74. The standard InChI is InChI=1S/C14H8BrClF4/c1-6-2-3-9(17)12(14(6)20)13(16)7-4-11(19)8(15)5-10(7)18/h2-5,13H,1H3. The van der Waals surface area contributed by atoms with Crippen molar-refractivity contribution in [3.05, 3.63) is 68.7 Å². The third-order valence-electron chi connectivity index (χ3n) is 2.89. The predicted octanol–water partition coefficient (Wildman–Crippen LogP) is 5.64. The summed E-state index contributed by atoms with van der Waals surface area (Å²) in [6.45, 7) is 1.43. The highest BCUT2D eigenvalue weighted by Crippen LogP contribution is 2.36. The van der Waals surface area contributed by atoms with Crippen LogP contribution in [0.2, 0.25) is 0 Å². The van der Waals surface area contributed by atoms with Crippen LogP contribution in [0.1, 0.15) is 22.1 Å². The van der Waals surface area contributed by atoms with Crippen molar-refractivity contribution < 1.29 is 17.6 Å². The van der Waals surface area contributed by atoms with E-state index < -0.39 is 34.2 Å². The third kappa shape index (κ3) is 2.69. The summed E-state index contributed by atoms with van der Waals surface area (Å²) in [6, 6.07) is 3.97. The molecule has 2 aromatic carbocycles. The molecule has 6 heteroatoms. The Hall–Kier alpha value is -1.07. The summed E-state index contributed by atoms with van der Waals surface area (Å²) >= 11 is 8.76. The van der Waals surface area contributed by atoms with Crippen LogP contribution in [0.15, 0.2) is 28.7 Å². The normalized spacial score (nSPS) is 12.6. The van der Waals surface area contributed by atoms with E-state index in [0.29, 0.717) is 0 Å². The molecule has 0 N–H and O–H groups in total. The zero-order valence-electron chi connectivity index (χ0n) is 10.2. The van der Waals surface area contributed by atoms with E-state index in [0.717, 1.165) is 18.2 Å². The summed E-state index contributed by atoms with van der Waals surface area (Å²) in [4.78, 5) is 0. The quantitative estimate of drug-likeness (QED) is 0.366. The van der Waals surface area contributed by atoms with Crippen LogP contribution >= 0.6 is 27.5 Å². The highest BCUT2D eigenvalue weighted by Gasteiger charge is 2.24. The molecule has 0 amide bonds. The lowest BCUT2D eigenvalue weighted by Gasteiger charge is -2.15. The lowest BCUT2D eigenvalue weighted by molar-refractivity contribution is 0.544. The number of halogens is 6. The summed E-state index contributed by atoms with van der Waals surface area (Å²) in [6.07, 6.45) is 0. The van der Waals surface area contributed by atoms with Crippen LogP contribution < -0.4 is 0 Å². The third-order valence-corrected chi connectivity index (χ3v) is 3.95. The van der Waals surface area contributed by atoms with Crippen LogP contribution in [-0.4, -0.2) is 0 Å². The van der Waals surface area contributed by atoms with Gasteiger partial charge < -0.3 is 0 Å². The molecule has 106 valence electrons. The minimum absolute atomic E-state index is 0.0900. The Labute approximate surface area is 126 Å². The second-order valence-corrected chi connectivity index (χ2v) is 5.53. The zero-order valence-corrected chi connectivity index (χ0v) is 12.5. The zero-order chi connectivity index (χ0) is 15.0. The molecule has 0 aliphatic rings. The minimum Gasteiger partial charge on any atom is -0.207 e. The number of benzene rings is 2. The van der Waals surface area contributed by atoms with Crippen LogP contribution in [0.5, 0.6) is 0 Å². The molecule has 0 radical (unpaired) electrons. The lowest BCUT2D eigenvalue weighted by atomic mass is 10.0. The van der Waals surface area contributed by atoms with Gasteiger partial charge in [0.25, 0.3) is 0 Å². The number of aryl methyl sites for hydroxylation is 1. The molecule has 0 nitrogen and oxygen atoms in total. The SMILES string of the molecule is Cc1ccc(F)c(C(Cl)c2cc(F)c(Br)cc2F)c1F. The molecule has 0 aliphatic heterocycles. The fraction of sp³-hybridized carbons (Fsp3) is 0.143. The fourth-order valence-corrected chi connectivity index (χ4v) is 2.48. The largest absolute Gasteiger partial charge is 0.207 e. The topological polar surface area (TPSA) is 0 Å². The first-order valence-electron chi connectivity index (χ1n) is 5.56. The van der Waals surface area contributed by atoms with Crippen molar-refractivity contribution in [2.24, 2.45) is 0 Å². The van der Waals surface area contributed by atoms with E-state index in [2.05, 4.69) is 15.9 Å². The van der Waals surface area contributed by atoms with E-state index in [4.69, 9.17) is 11.6 Å². The highest BCUT2D eigenvalue weighted by molar-refractivity contribution is 9.10. The van der Waals surface area contributed by atoms with Gasteiger partial charge in [0.05, 0.1) is 9.85 Å². The summed E-state index contributed by atoms with van der Waals surface area (Å²) in [5, 5.41) is -1.46. The highest BCUT2D eigenvalue weighted by atomic mass is 79.9. The van der Waals surface area contributed by atoms with Crippen molar-refractivity contribution in [2.45, 2.75) is 12.3 Å². The number of rotatable bonds is 2. The molecule has 0 aromatic heterocycles. The van der Waals surface area contributed by atoms with Crippen molar-refractivity contribution in [3.8, 4) is 0 Å². The molecule has 20 heavy (non-hydrogen) atoms. The monoisotopic (exact) mass is 366 g/mol. The lowest BCUT2D eigenvalue weighted by Crippen LogP contribution is -2.05. The van der Waals surface area contributed by atoms with Gasteiger partial charge in [-0.1, -0.05) is 6.07 Å². The summed E-state index contributed by atoms with van der Waals surface area (Å²) in [5.74, 6) is -3.39. The van der Waals surface area contributed by atoms with Gasteiger partial charge in [0.2, 0.25) is 0 Å². The Kier molecular flexibility index (Phi) is 4.39. The Bertz CT molecular complexity index is 673. The summed E-state index contributed by atoms with van der Waals surface area (Å²) in [5.41, 5.74) is -0.645. The first-order chi connectivity index (χ1) is 9.32. The smallest absolute Gasteiger partial charge is 0.137 e. The Morgan fingerprint density at radius 2 is 1.65 bits per heavy atom. The maximum absolute atomic E-state index is 14.0. The number of hydrogen-bond acceptors (Lipinski definition) is 0. The van der Waals surface area contributed by atoms with Gasteiger partial charge in [0, 0.05) is 11.1 Å². The fourth-order valence-electron chi connectivity index (χ4n) is 1.80. The molecule has 0 bridgehead atoms. The van der Waals surface area contributed by atoms with E-state index >= 15 is 0 Å². The molecule has 2 aromatic rings. The minimum atomic E-state index is -1.46. The second-order valence-electron chi connectivity index (χ2n) is 4.24. The van der Waals surface area contributed by atoms with Crippen LogP contribution in [0, 0.1) is 30.2 Å². The maximum atomic E-state index is 14.0. The van der Waals surface area contributed by atoms with Crippen LogP contribution in [0.3, 0.4) is 0 Å². The molecule has 0 heterocycles. The van der Waals surface area contributed by atoms with Crippen molar-refractivity contribution in [1.29, 1.82) is 0 Å².